The van der Waals surface area contributed by atoms with E-state index >= 15 is 0 Å². The fourth-order valence-corrected chi connectivity index (χ4v) is 4.80. The largest absolute Gasteiger partial charge is 0.485 e. The Morgan fingerprint density at radius 1 is 1.13 bits per heavy atom. The fraction of sp³-hybridized carbons (Fsp3) is 0.400. The van der Waals surface area contributed by atoms with Crippen LogP contribution < -0.4 is 20.7 Å². The zero-order valence-electron chi connectivity index (χ0n) is 25.4. The van der Waals surface area contributed by atoms with Gasteiger partial charge in [-0.1, -0.05) is 18.1 Å². The first-order valence-electron chi connectivity index (χ1n) is 14.1. The van der Waals surface area contributed by atoms with Gasteiger partial charge < -0.3 is 40.1 Å². The molecular formula is C30H35F3N6O6. The van der Waals surface area contributed by atoms with E-state index in [0.29, 0.717) is 17.1 Å². The number of aliphatic hydroxyl groups is 1. The van der Waals surface area contributed by atoms with E-state index in [9.17, 15) is 32.7 Å². The Hall–Kier alpha value is -4.79. The highest BCUT2D eigenvalue weighted by atomic mass is 19.4. The molecule has 1 aromatic heterocycles. The molecule has 0 saturated carbocycles. The van der Waals surface area contributed by atoms with Crippen molar-refractivity contribution in [3.05, 3.63) is 65.0 Å². The maximum atomic E-state index is 13.7. The summed E-state index contributed by atoms with van der Waals surface area (Å²) in [6.45, 7) is 6.71. The second kappa shape index (κ2) is 13.5. The number of halogens is 3. The molecule has 0 unspecified atom stereocenters. The van der Waals surface area contributed by atoms with Crippen LogP contribution in [0.15, 0.2) is 47.0 Å². The van der Waals surface area contributed by atoms with Crippen LogP contribution in [0.4, 0.5) is 39.8 Å². The van der Waals surface area contributed by atoms with Crippen molar-refractivity contribution in [2.45, 2.75) is 46.0 Å². The van der Waals surface area contributed by atoms with Gasteiger partial charge in [-0.3, -0.25) is 4.79 Å². The van der Waals surface area contributed by atoms with Crippen molar-refractivity contribution in [2.24, 2.45) is 5.92 Å². The second-order valence-electron chi connectivity index (χ2n) is 11.0. The van der Waals surface area contributed by atoms with E-state index in [0.717, 1.165) is 24.3 Å². The minimum atomic E-state index is -4.51. The molecule has 4 rings (SSSR count). The number of aliphatic hydroxyl groups excluding tert-OH is 1. The summed E-state index contributed by atoms with van der Waals surface area (Å²) in [6.07, 6.45) is -5.23. The zero-order chi connectivity index (χ0) is 33.1. The van der Waals surface area contributed by atoms with Crippen molar-refractivity contribution in [3.63, 3.8) is 0 Å². The van der Waals surface area contributed by atoms with Gasteiger partial charge in [-0.2, -0.15) is 13.2 Å². The summed E-state index contributed by atoms with van der Waals surface area (Å²) >= 11 is 0. The van der Waals surface area contributed by atoms with Crippen molar-refractivity contribution in [2.75, 3.05) is 42.7 Å². The highest BCUT2D eigenvalue weighted by Gasteiger charge is 2.35. The Kier molecular flexibility index (Phi) is 9.91. The van der Waals surface area contributed by atoms with Crippen LogP contribution in [0, 0.1) is 19.8 Å². The third-order valence-corrected chi connectivity index (χ3v) is 7.48. The van der Waals surface area contributed by atoms with Crippen LogP contribution in [-0.2, 0) is 6.18 Å². The summed E-state index contributed by atoms with van der Waals surface area (Å²) in [5, 5.41) is 21.7. The van der Waals surface area contributed by atoms with Gasteiger partial charge in [-0.05, 0) is 57.2 Å². The molecule has 0 spiro atoms. The third kappa shape index (κ3) is 7.66. The number of aromatic nitrogens is 1. The van der Waals surface area contributed by atoms with E-state index in [1.807, 2.05) is 6.92 Å². The monoisotopic (exact) mass is 632 g/mol. The number of hydrogen-bond acceptors (Lipinski definition) is 7. The Morgan fingerprint density at radius 3 is 2.42 bits per heavy atom. The fourth-order valence-electron chi connectivity index (χ4n) is 4.80. The quantitative estimate of drug-likeness (QED) is 0.275. The number of aryl methyl sites for hydroxylation is 2. The Balaban J connectivity index is 1.60. The Labute approximate surface area is 257 Å². The molecule has 0 saturated heterocycles. The van der Waals surface area contributed by atoms with Gasteiger partial charge in [0.05, 0.1) is 36.0 Å². The molecule has 1 aliphatic heterocycles. The van der Waals surface area contributed by atoms with E-state index < -0.39 is 41.9 Å². The van der Waals surface area contributed by atoms with Crippen molar-refractivity contribution < 1.29 is 41.9 Å². The minimum Gasteiger partial charge on any atom is -0.485 e. The molecule has 45 heavy (non-hydrogen) atoms. The van der Waals surface area contributed by atoms with Crippen molar-refractivity contribution >= 4 is 35.0 Å². The number of benzene rings is 2. The topological polar surface area (TPSA) is 149 Å². The maximum absolute atomic E-state index is 13.7. The molecule has 3 aromatic rings. The van der Waals surface area contributed by atoms with Crippen LogP contribution in [-0.4, -0.2) is 76.9 Å². The molecule has 3 atom stereocenters. The lowest BCUT2D eigenvalue weighted by atomic mass is 9.99. The second-order valence-corrected chi connectivity index (χ2v) is 11.0. The summed E-state index contributed by atoms with van der Waals surface area (Å²) in [4.78, 5) is 42.5. The number of nitrogens with one attached hydrogen (secondary N) is 3. The number of rotatable bonds is 7. The molecule has 5 amide bonds. The lowest BCUT2D eigenvalue weighted by molar-refractivity contribution is -0.137. The SMILES string of the molecule is Cc1noc(C)c1NC(=O)Nc1cccc2c1O[C@H](CN(C)C(=O)Nc1ccc(C(F)(F)F)cc1)[C@H](C)CN([C@@H](C)CO)C2=O. The Morgan fingerprint density at radius 2 is 1.82 bits per heavy atom. The molecule has 2 heterocycles. The molecule has 0 fully saturated rings. The molecule has 4 N–H and O–H groups in total. The summed E-state index contributed by atoms with van der Waals surface area (Å²) < 4.78 is 50.3. The molecule has 12 nitrogen and oxygen atoms in total. The lowest BCUT2D eigenvalue weighted by Crippen LogP contribution is -2.50. The van der Waals surface area contributed by atoms with E-state index in [1.54, 1.807) is 39.0 Å². The number of carbonyl (C=O) groups is 3. The van der Waals surface area contributed by atoms with Crippen molar-refractivity contribution in [1.82, 2.24) is 15.0 Å². The molecular weight excluding hydrogens is 597 g/mol. The highest BCUT2D eigenvalue weighted by molar-refractivity contribution is 6.04. The number of anilines is 3. The Bertz CT molecular complexity index is 1520. The normalized spacial score (nSPS) is 17.4. The first-order valence-corrected chi connectivity index (χ1v) is 14.1. The standard InChI is InChI=1S/C30H35F3N6O6/c1-16-13-39(17(2)15-40)27(41)22-7-6-8-23(35-28(42)36-25-18(3)37-45-19(25)4)26(22)44-24(16)14-38(5)29(43)34-21-11-9-20(10-12-21)30(31,32)33/h6-12,16-17,24,40H,13-15H2,1-5H3,(H,34,43)(H2,35,36,42)/t16-,17+,24-/m1/s1. The van der Waals surface area contributed by atoms with Gasteiger partial charge in [-0.25, -0.2) is 9.59 Å². The van der Waals surface area contributed by atoms with Gasteiger partial charge in [0.2, 0.25) is 0 Å². The van der Waals surface area contributed by atoms with Gasteiger partial charge in [0.25, 0.3) is 5.91 Å². The van der Waals surface area contributed by atoms with Crippen LogP contribution in [0.25, 0.3) is 0 Å². The zero-order valence-corrected chi connectivity index (χ0v) is 25.4. The predicted octanol–water partition coefficient (Wildman–Crippen LogP) is 5.34. The van der Waals surface area contributed by atoms with Crippen LogP contribution >= 0.6 is 0 Å². The number of nitrogens with zero attached hydrogens (tertiary/aromatic N) is 3. The average molecular weight is 633 g/mol. The number of fused-ring (bicyclic) bond motifs is 1. The number of hydrogen-bond donors (Lipinski definition) is 4. The highest BCUT2D eigenvalue weighted by Crippen LogP contribution is 2.35. The maximum Gasteiger partial charge on any atom is 0.416 e. The summed E-state index contributed by atoms with van der Waals surface area (Å²) in [7, 11) is 1.50. The van der Waals surface area contributed by atoms with Gasteiger partial charge in [0, 0.05) is 25.2 Å². The summed E-state index contributed by atoms with van der Waals surface area (Å²) in [6, 6.07) is 6.94. The van der Waals surface area contributed by atoms with Crippen molar-refractivity contribution in [1.29, 1.82) is 0 Å². The number of carbonyl (C=O) groups excluding carboxylic acids is 3. The first-order chi connectivity index (χ1) is 21.2. The third-order valence-electron chi connectivity index (χ3n) is 7.48. The summed E-state index contributed by atoms with van der Waals surface area (Å²) in [5.74, 6) is -0.320. The predicted molar refractivity (Wildman–Crippen MR) is 159 cm³/mol. The number of para-hydroxylation sites is 1. The number of likely N-dealkylation sites (N-methyl/N-ethyl adjacent to an activating group) is 1. The van der Waals surface area contributed by atoms with Gasteiger partial charge in [0.1, 0.15) is 17.5 Å². The lowest BCUT2D eigenvalue weighted by Gasteiger charge is -2.38. The van der Waals surface area contributed by atoms with Crippen LogP contribution in [0.1, 0.15) is 41.2 Å². The molecule has 0 radical (unpaired) electrons. The molecule has 15 heteroatoms. The minimum absolute atomic E-state index is 0.00220. The molecule has 242 valence electrons. The van der Waals surface area contributed by atoms with Crippen LogP contribution in [0.2, 0.25) is 0 Å². The van der Waals surface area contributed by atoms with Gasteiger partial charge >= 0.3 is 18.2 Å². The molecule has 0 aliphatic carbocycles. The molecule has 1 aliphatic rings. The van der Waals surface area contributed by atoms with E-state index in [1.165, 1.54) is 16.8 Å². The number of urea groups is 2. The van der Waals surface area contributed by atoms with Gasteiger partial charge in [0.15, 0.2) is 11.5 Å². The number of alkyl halides is 3. The molecule has 0 bridgehead atoms. The number of amides is 5. The van der Waals surface area contributed by atoms with Crippen molar-refractivity contribution in [3.8, 4) is 5.75 Å². The smallest absolute Gasteiger partial charge is 0.416 e. The number of ether oxygens (including phenoxy) is 1. The van der Waals surface area contributed by atoms with Gasteiger partial charge in [-0.15, -0.1) is 0 Å². The van der Waals surface area contributed by atoms with E-state index in [2.05, 4.69) is 21.1 Å². The van der Waals surface area contributed by atoms with Crippen LogP contribution in [0.5, 0.6) is 5.75 Å². The summed E-state index contributed by atoms with van der Waals surface area (Å²) in [5.41, 5.74) is 0.499. The average Bonchev–Trinajstić information content (AvgIpc) is 3.30. The van der Waals surface area contributed by atoms with E-state index in [4.69, 9.17) is 9.26 Å². The first kappa shape index (κ1) is 33.1. The molecule has 2 aromatic carbocycles. The van der Waals surface area contributed by atoms with E-state index in [-0.39, 0.29) is 48.3 Å². The van der Waals surface area contributed by atoms with Crippen LogP contribution in [0.3, 0.4) is 0 Å².